The zero-order chi connectivity index (χ0) is 13.0. The van der Waals surface area contributed by atoms with Crippen LogP contribution in [0.3, 0.4) is 0 Å². The van der Waals surface area contributed by atoms with Crippen molar-refractivity contribution in [3.8, 4) is 6.07 Å². The van der Waals surface area contributed by atoms with Gasteiger partial charge in [-0.1, -0.05) is 6.07 Å². The van der Waals surface area contributed by atoms with E-state index in [0.29, 0.717) is 12.5 Å². The minimum atomic E-state index is -0.434. The van der Waals surface area contributed by atoms with Gasteiger partial charge in [-0.25, -0.2) is 4.39 Å². The molecule has 96 valence electrons. The van der Waals surface area contributed by atoms with Crippen molar-refractivity contribution in [2.45, 2.75) is 19.3 Å². The van der Waals surface area contributed by atoms with Crippen LogP contribution in [0.4, 0.5) is 10.1 Å². The smallest absolute Gasteiger partial charge is 0.143 e. The average molecular weight is 247 g/mol. The van der Waals surface area contributed by atoms with E-state index in [1.807, 2.05) is 12.1 Å². The van der Waals surface area contributed by atoms with Gasteiger partial charge in [0.15, 0.2) is 0 Å². The second-order valence-corrected chi connectivity index (χ2v) is 4.78. The lowest BCUT2D eigenvalue weighted by Gasteiger charge is -2.34. The van der Waals surface area contributed by atoms with Gasteiger partial charge in [-0.2, -0.15) is 5.26 Å². The van der Waals surface area contributed by atoms with Crippen LogP contribution in [0.15, 0.2) is 18.2 Å². The van der Waals surface area contributed by atoms with Gasteiger partial charge >= 0.3 is 0 Å². The number of nitriles is 1. The van der Waals surface area contributed by atoms with Crippen molar-refractivity contribution in [1.82, 2.24) is 0 Å². The van der Waals surface area contributed by atoms with Crippen LogP contribution < -0.4 is 10.6 Å². The second-order valence-electron chi connectivity index (χ2n) is 4.78. The number of halogens is 1. The van der Waals surface area contributed by atoms with Gasteiger partial charge in [-0.3, -0.25) is 0 Å². The number of nitrogens with two attached hydrogens (primary N) is 1. The highest BCUT2D eigenvalue weighted by atomic mass is 19.1. The fourth-order valence-electron chi connectivity index (χ4n) is 2.64. The Kier molecular flexibility index (Phi) is 4.16. The molecule has 1 aromatic rings. The average Bonchev–Trinajstić information content (AvgIpc) is 2.39. The summed E-state index contributed by atoms with van der Waals surface area (Å²) < 4.78 is 13.6. The zero-order valence-electron chi connectivity index (χ0n) is 10.4. The van der Waals surface area contributed by atoms with E-state index < -0.39 is 5.82 Å². The molecule has 1 aliphatic rings. The Morgan fingerprint density at radius 3 is 3.06 bits per heavy atom. The minimum Gasteiger partial charge on any atom is -0.370 e. The third kappa shape index (κ3) is 2.62. The maximum absolute atomic E-state index is 13.6. The maximum Gasteiger partial charge on any atom is 0.143 e. The minimum absolute atomic E-state index is 0.158. The Bertz CT molecular complexity index is 451. The molecule has 1 unspecified atom stereocenters. The van der Waals surface area contributed by atoms with Crippen LogP contribution in [0.1, 0.15) is 24.8 Å². The molecule has 1 aromatic carbocycles. The number of anilines is 1. The molecule has 3 nitrogen and oxygen atoms in total. The van der Waals surface area contributed by atoms with Crippen molar-refractivity contribution in [3.05, 3.63) is 29.6 Å². The van der Waals surface area contributed by atoms with E-state index in [1.165, 1.54) is 12.5 Å². The largest absolute Gasteiger partial charge is 0.370 e. The van der Waals surface area contributed by atoms with Gasteiger partial charge < -0.3 is 10.6 Å². The SMILES string of the molecule is N#Cc1c(F)cccc1N1CCCC(CCN)C1. The lowest BCUT2D eigenvalue weighted by atomic mass is 9.94. The third-order valence-corrected chi connectivity index (χ3v) is 3.54. The van der Waals surface area contributed by atoms with Crippen LogP contribution in [0.25, 0.3) is 0 Å². The molecule has 0 amide bonds. The first kappa shape index (κ1) is 12.8. The summed E-state index contributed by atoms with van der Waals surface area (Å²) >= 11 is 0. The molecule has 1 heterocycles. The van der Waals surface area contributed by atoms with Crippen molar-refractivity contribution in [1.29, 1.82) is 5.26 Å². The van der Waals surface area contributed by atoms with Crippen molar-refractivity contribution in [2.75, 3.05) is 24.5 Å². The molecule has 0 bridgehead atoms. The summed E-state index contributed by atoms with van der Waals surface area (Å²) in [6.45, 7) is 2.45. The molecule has 1 aliphatic heterocycles. The number of benzene rings is 1. The molecule has 4 heteroatoms. The molecule has 0 saturated carbocycles. The van der Waals surface area contributed by atoms with Crippen molar-refractivity contribution in [2.24, 2.45) is 11.7 Å². The van der Waals surface area contributed by atoms with Crippen molar-refractivity contribution in [3.63, 3.8) is 0 Å². The van der Waals surface area contributed by atoms with Gasteiger partial charge in [-0.15, -0.1) is 0 Å². The van der Waals surface area contributed by atoms with Crippen molar-refractivity contribution >= 4 is 5.69 Å². The van der Waals surface area contributed by atoms with E-state index in [9.17, 15) is 4.39 Å². The summed E-state index contributed by atoms with van der Waals surface area (Å²) in [5.74, 6) is 0.120. The van der Waals surface area contributed by atoms with E-state index >= 15 is 0 Å². The molecule has 0 aromatic heterocycles. The monoisotopic (exact) mass is 247 g/mol. The molecule has 1 fully saturated rings. The summed E-state index contributed by atoms with van der Waals surface area (Å²) in [5.41, 5.74) is 6.47. The van der Waals surface area contributed by atoms with E-state index in [-0.39, 0.29) is 5.56 Å². The van der Waals surface area contributed by atoms with Crippen LogP contribution in [-0.4, -0.2) is 19.6 Å². The fourth-order valence-corrected chi connectivity index (χ4v) is 2.64. The first-order chi connectivity index (χ1) is 8.76. The van der Waals surface area contributed by atoms with Crippen LogP contribution in [-0.2, 0) is 0 Å². The van der Waals surface area contributed by atoms with Crippen LogP contribution >= 0.6 is 0 Å². The fraction of sp³-hybridized carbons (Fsp3) is 0.500. The predicted octanol–water partition coefficient (Wildman–Crippen LogP) is 2.26. The second kappa shape index (κ2) is 5.83. The highest BCUT2D eigenvalue weighted by molar-refractivity contribution is 5.60. The van der Waals surface area contributed by atoms with Gasteiger partial charge in [0.1, 0.15) is 17.4 Å². The Labute approximate surface area is 107 Å². The quantitative estimate of drug-likeness (QED) is 0.891. The molecule has 1 saturated heterocycles. The van der Waals surface area contributed by atoms with Crippen LogP contribution in [0.5, 0.6) is 0 Å². The van der Waals surface area contributed by atoms with Gasteiger partial charge in [0.2, 0.25) is 0 Å². The number of piperidine rings is 1. The maximum atomic E-state index is 13.6. The Balaban J connectivity index is 2.21. The summed E-state index contributed by atoms with van der Waals surface area (Å²) in [5, 5.41) is 9.06. The van der Waals surface area contributed by atoms with Crippen LogP contribution in [0.2, 0.25) is 0 Å². The molecule has 1 atom stereocenters. The molecule has 18 heavy (non-hydrogen) atoms. The Hall–Kier alpha value is -1.60. The summed E-state index contributed by atoms with van der Waals surface area (Å²) in [6.07, 6.45) is 3.24. The van der Waals surface area contributed by atoms with Gasteiger partial charge in [0, 0.05) is 13.1 Å². The zero-order valence-corrected chi connectivity index (χ0v) is 10.4. The van der Waals surface area contributed by atoms with E-state index in [2.05, 4.69) is 4.90 Å². The molecule has 0 aliphatic carbocycles. The molecular weight excluding hydrogens is 229 g/mol. The van der Waals surface area contributed by atoms with Crippen molar-refractivity contribution < 1.29 is 4.39 Å². The number of hydrogen-bond donors (Lipinski definition) is 1. The third-order valence-electron chi connectivity index (χ3n) is 3.54. The first-order valence-electron chi connectivity index (χ1n) is 6.40. The summed E-state index contributed by atoms with van der Waals surface area (Å²) in [7, 11) is 0. The summed E-state index contributed by atoms with van der Waals surface area (Å²) in [4.78, 5) is 2.12. The van der Waals surface area contributed by atoms with E-state index in [0.717, 1.165) is 31.6 Å². The Morgan fingerprint density at radius 1 is 1.50 bits per heavy atom. The summed E-state index contributed by atoms with van der Waals surface area (Å²) in [6, 6.07) is 6.79. The van der Waals surface area contributed by atoms with E-state index in [1.54, 1.807) is 6.07 Å². The lowest BCUT2D eigenvalue weighted by molar-refractivity contribution is 0.395. The number of hydrogen-bond acceptors (Lipinski definition) is 3. The first-order valence-corrected chi connectivity index (χ1v) is 6.40. The van der Waals surface area contributed by atoms with Gasteiger partial charge in [0.25, 0.3) is 0 Å². The number of rotatable bonds is 3. The Morgan fingerprint density at radius 2 is 2.33 bits per heavy atom. The normalized spacial score (nSPS) is 19.6. The highest BCUT2D eigenvalue weighted by Gasteiger charge is 2.22. The molecule has 0 radical (unpaired) electrons. The van der Waals surface area contributed by atoms with Gasteiger partial charge in [0.05, 0.1) is 5.69 Å². The molecule has 2 N–H and O–H groups in total. The highest BCUT2D eigenvalue weighted by Crippen LogP contribution is 2.28. The lowest BCUT2D eigenvalue weighted by Crippen LogP contribution is -2.36. The molecule has 0 spiro atoms. The van der Waals surface area contributed by atoms with E-state index in [4.69, 9.17) is 11.0 Å². The predicted molar refractivity (Wildman–Crippen MR) is 69.7 cm³/mol. The van der Waals surface area contributed by atoms with Gasteiger partial charge in [-0.05, 0) is 43.9 Å². The van der Waals surface area contributed by atoms with Crippen LogP contribution in [0, 0.1) is 23.1 Å². The molecular formula is C14H18FN3. The topological polar surface area (TPSA) is 53.0 Å². The standard InChI is InChI=1S/C14H18FN3/c15-13-4-1-5-14(12(13)9-17)18-8-2-3-11(10-18)6-7-16/h1,4-5,11H,2-3,6-8,10,16H2. The molecule has 2 rings (SSSR count). The number of nitrogens with zero attached hydrogens (tertiary/aromatic N) is 2.